The van der Waals surface area contributed by atoms with E-state index >= 15 is 0 Å². The first kappa shape index (κ1) is 22.4. The molecule has 1 heterocycles. The molecule has 1 fully saturated rings. The Bertz CT molecular complexity index is 776. The molecule has 1 aromatic carbocycles. The van der Waals surface area contributed by atoms with Crippen molar-refractivity contribution in [1.82, 2.24) is 9.62 Å². The summed E-state index contributed by atoms with van der Waals surface area (Å²) in [5.74, 6) is -0.825. The van der Waals surface area contributed by atoms with E-state index in [4.69, 9.17) is 4.74 Å². The lowest BCUT2D eigenvalue weighted by Crippen LogP contribution is -2.45. The highest BCUT2D eigenvalue weighted by Crippen LogP contribution is 2.19. The van der Waals surface area contributed by atoms with Crippen LogP contribution in [-0.2, 0) is 19.6 Å². The molecule has 8 heteroatoms. The molecule has 0 spiro atoms. The minimum atomic E-state index is -3.63. The summed E-state index contributed by atoms with van der Waals surface area (Å²) in [4.78, 5) is 26.5. The zero-order valence-corrected chi connectivity index (χ0v) is 17.6. The Balaban J connectivity index is 1.95. The van der Waals surface area contributed by atoms with Crippen LogP contribution in [0.1, 0.15) is 63.2 Å². The van der Waals surface area contributed by atoms with Crippen LogP contribution in [0.25, 0.3) is 0 Å². The summed E-state index contributed by atoms with van der Waals surface area (Å²) in [6.07, 6.45) is 4.63. The molecule has 0 saturated carbocycles. The van der Waals surface area contributed by atoms with E-state index in [-0.39, 0.29) is 35.1 Å². The van der Waals surface area contributed by atoms with Gasteiger partial charge in [0.2, 0.25) is 10.0 Å². The van der Waals surface area contributed by atoms with Crippen molar-refractivity contribution in [1.29, 1.82) is 0 Å². The number of nitrogens with zero attached hydrogens (tertiary/aromatic N) is 1. The van der Waals surface area contributed by atoms with Crippen LogP contribution in [-0.4, -0.2) is 50.4 Å². The number of piperidine rings is 1. The maximum atomic E-state index is 12.4. The number of carbonyl (C=O) groups excluding carboxylic acids is 2. The summed E-state index contributed by atoms with van der Waals surface area (Å²) in [6.45, 7) is 6.12. The van der Waals surface area contributed by atoms with E-state index in [1.54, 1.807) is 11.8 Å². The molecule has 0 bridgehead atoms. The molecule has 1 saturated heterocycles. The van der Waals surface area contributed by atoms with Crippen molar-refractivity contribution in [3.8, 4) is 0 Å². The summed E-state index contributed by atoms with van der Waals surface area (Å²) in [6, 6.07) is 5.55. The molecule has 0 aliphatic carbocycles. The summed E-state index contributed by atoms with van der Waals surface area (Å²) in [5.41, 5.74) is 0.209. The van der Waals surface area contributed by atoms with Crippen LogP contribution in [0.4, 0.5) is 0 Å². The maximum absolute atomic E-state index is 12.4. The molecule has 1 aromatic rings. The Morgan fingerprint density at radius 2 is 1.89 bits per heavy atom. The highest BCUT2D eigenvalue weighted by Gasteiger charge is 2.26. The van der Waals surface area contributed by atoms with E-state index in [1.165, 1.54) is 24.3 Å². The van der Waals surface area contributed by atoms with Crippen LogP contribution in [0.5, 0.6) is 0 Å². The van der Waals surface area contributed by atoms with Crippen molar-refractivity contribution >= 4 is 21.9 Å². The fourth-order valence-corrected chi connectivity index (χ4v) is 4.56. The molecule has 2 atom stereocenters. The minimum Gasteiger partial charge on any atom is -0.452 e. The molecule has 1 aliphatic heterocycles. The van der Waals surface area contributed by atoms with Crippen molar-refractivity contribution < 1.29 is 22.7 Å². The fourth-order valence-electron chi connectivity index (χ4n) is 3.23. The Kier molecular flexibility index (Phi) is 8.00. The number of hydrogen-bond acceptors (Lipinski definition) is 5. The van der Waals surface area contributed by atoms with Crippen LogP contribution >= 0.6 is 0 Å². The Morgan fingerprint density at radius 1 is 1.21 bits per heavy atom. The molecule has 0 unspecified atom stereocenters. The van der Waals surface area contributed by atoms with Crippen molar-refractivity contribution in [3.63, 3.8) is 0 Å². The standard InChI is InChI=1S/C20H30N2O5S/c1-4-15(3)21-28(25,26)18-11-9-16(10-12-18)20(24)27-14-19(23)22-13-7-6-8-17(22)5-2/h9-12,15,17,21H,4-8,13-14H2,1-3H3/t15-,17+/m1/s1. The minimum absolute atomic E-state index is 0.0829. The zero-order chi connectivity index (χ0) is 20.7. The zero-order valence-electron chi connectivity index (χ0n) is 16.8. The molecule has 7 nitrogen and oxygen atoms in total. The first-order chi connectivity index (χ1) is 13.3. The number of hydrogen-bond donors (Lipinski definition) is 1. The number of rotatable bonds is 8. The molecule has 1 amide bonds. The van der Waals surface area contributed by atoms with Gasteiger partial charge in [-0.3, -0.25) is 4.79 Å². The second-order valence-corrected chi connectivity index (χ2v) is 8.89. The van der Waals surface area contributed by atoms with E-state index in [1.807, 2.05) is 13.8 Å². The van der Waals surface area contributed by atoms with Crippen LogP contribution in [0.15, 0.2) is 29.2 Å². The number of nitrogens with one attached hydrogen (secondary N) is 1. The highest BCUT2D eigenvalue weighted by atomic mass is 32.2. The average Bonchev–Trinajstić information content (AvgIpc) is 2.71. The topological polar surface area (TPSA) is 92.8 Å². The maximum Gasteiger partial charge on any atom is 0.338 e. The van der Waals surface area contributed by atoms with Gasteiger partial charge in [0, 0.05) is 18.6 Å². The van der Waals surface area contributed by atoms with E-state index < -0.39 is 16.0 Å². The van der Waals surface area contributed by atoms with Crippen LogP contribution < -0.4 is 4.72 Å². The molecular formula is C20H30N2O5S. The lowest BCUT2D eigenvalue weighted by molar-refractivity contribution is -0.138. The monoisotopic (exact) mass is 410 g/mol. The summed E-state index contributed by atoms with van der Waals surface area (Å²) < 4.78 is 32.2. The third kappa shape index (κ3) is 5.78. The van der Waals surface area contributed by atoms with Crippen LogP contribution in [0.3, 0.4) is 0 Å². The molecule has 0 radical (unpaired) electrons. The third-order valence-corrected chi connectivity index (χ3v) is 6.72. The average molecular weight is 411 g/mol. The van der Waals surface area contributed by atoms with Gasteiger partial charge in [-0.2, -0.15) is 0 Å². The number of sulfonamides is 1. The Labute approximate surface area is 167 Å². The van der Waals surface area contributed by atoms with E-state index in [9.17, 15) is 18.0 Å². The van der Waals surface area contributed by atoms with Crippen molar-refractivity contribution in [2.75, 3.05) is 13.2 Å². The SMILES string of the molecule is CC[C@H]1CCCCN1C(=O)COC(=O)c1ccc(S(=O)(=O)N[C@H](C)CC)cc1. The number of ether oxygens (including phenoxy) is 1. The molecule has 28 heavy (non-hydrogen) atoms. The van der Waals surface area contributed by atoms with Gasteiger partial charge in [-0.15, -0.1) is 0 Å². The van der Waals surface area contributed by atoms with Gasteiger partial charge in [0.25, 0.3) is 5.91 Å². The number of esters is 1. The number of carbonyl (C=O) groups is 2. The third-order valence-electron chi connectivity index (χ3n) is 5.11. The molecule has 1 N–H and O–H groups in total. The van der Waals surface area contributed by atoms with Crippen molar-refractivity contribution in [3.05, 3.63) is 29.8 Å². The number of amides is 1. The molecule has 0 aromatic heterocycles. The van der Waals surface area contributed by atoms with Gasteiger partial charge in [0.1, 0.15) is 0 Å². The molecular weight excluding hydrogens is 380 g/mol. The summed E-state index contributed by atoms with van der Waals surface area (Å²) >= 11 is 0. The second-order valence-electron chi connectivity index (χ2n) is 7.18. The van der Waals surface area contributed by atoms with Gasteiger partial charge in [-0.05, 0) is 63.3 Å². The summed E-state index contributed by atoms with van der Waals surface area (Å²) in [7, 11) is -3.63. The largest absolute Gasteiger partial charge is 0.452 e. The van der Waals surface area contributed by atoms with Gasteiger partial charge in [0.15, 0.2) is 6.61 Å². The van der Waals surface area contributed by atoms with Crippen molar-refractivity contribution in [2.45, 2.75) is 69.9 Å². The highest BCUT2D eigenvalue weighted by molar-refractivity contribution is 7.89. The van der Waals surface area contributed by atoms with Gasteiger partial charge >= 0.3 is 5.97 Å². The molecule has 1 aliphatic rings. The lowest BCUT2D eigenvalue weighted by atomic mass is 10.00. The van der Waals surface area contributed by atoms with Crippen LogP contribution in [0, 0.1) is 0 Å². The lowest BCUT2D eigenvalue weighted by Gasteiger charge is -2.35. The predicted molar refractivity (Wildman–Crippen MR) is 106 cm³/mol. The first-order valence-electron chi connectivity index (χ1n) is 9.87. The van der Waals surface area contributed by atoms with Gasteiger partial charge < -0.3 is 9.64 Å². The van der Waals surface area contributed by atoms with Gasteiger partial charge in [-0.1, -0.05) is 13.8 Å². The number of likely N-dealkylation sites (tertiary alicyclic amines) is 1. The van der Waals surface area contributed by atoms with E-state index in [0.717, 1.165) is 25.7 Å². The Hall–Kier alpha value is -1.93. The van der Waals surface area contributed by atoms with Gasteiger partial charge in [0.05, 0.1) is 10.5 Å². The second kappa shape index (κ2) is 10.0. The van der Waals surface area contributed by atoms with Crippen LogP contribution in [0.2, 0.25) is 0 Å². The normalized spacial score (nSPS) is 18.5. The predicted octanol–water partition coefficient (Wildman–Crippen LogP) is 2.71. The fraction of sp³-hybridized carbons (Fsp3) is 0.600. The van der Waals surface area contributed by atoms with E-state index in [0.29, 0.717) is 13.0 Å². The summed E-state index contributed by atoms with van der Waals surface area (Å²) in [5, 5.41) is 0. The van der Waals surface area contributed by atoms with Crippen molar-refractivity contribution in [2.24, 2.45) is 0 Å². The molecule has 2 rings (SSSR count). The first-order valence-corrected chi connectivity index (χ1v) is 11.4. The van der Waals surface area contributed by atoms with Gasteiger partial charge in [-0.25, -0.2) is 17.9 Å². The smallest absolute Gasteiger partial charge is 0.338 e. The van der Waals surface area contributed by atoms with E-state index in [2.05, 4.69) is 4.72 Å². The Morgan fingerprint density at radius 3 is 2.50 bits per heavy atom. The quantitative estimate of drug-likeness (QED) is 0.665. The molecule has 156 valence electrons. The number of benzene rings is 1.